The minimum Gasteiger partial charge on any atom is -0.425 e. The van der Waals surface area contributed by atoms with Crippen LogP contribution in [0.4, 0.5) is 0 Å². The molecule has 2 aromatic carbocycles. The number of hydrogen-bond donors (Lipinski definition) is 0. The van der Waals surface area contributed by atoms with Gasteiger partial charge in [0, 0.05) is 5.39 Å². The van der Waals surface area contributed by atoms with Gasteiger partial charge in [0.25, 0.3) is 0 Å². The lowest BCUT2D eigenvalue weighted by atomic mass is 9.76. The Morgan fingerprint density at radius 3 is 2.00 bits per heavy atom. The second kappa shape index (κ2) is 6.10. The lowest BCUT2D eigenvalue weighted by Crippen LogP contribution is -2.41. The van der Waals surface area contributed by atoms with Crippen LogP contribution in [0.1, 0.15) is 48.5 Å². The van der Waals surface area contributed by atoms with Crippen molar-refractivity contribution in [1.82, 2.24) is 0 Å². The summed E-state index contributed by atoms with van der Waals surface area (Å²) in [4.78, 5) is 12.3. The summed E-state index contributed by atoms with van der Waals surface area (Å²) in [5.74, 6) is 0.298. The summed E-state index contributed by atoms with van der Waals surface area (Å²) in [6.07, 6.45) is 0. The first-order chi connectivity index (χ1) is 11.9. The van der Waals surface area contributed by atoms with Crippen LogP contribution >= 0.6 is 0 Å². The number of carbonyl (C=O) groups is 1. The molecule has 0 bridgehead atoms. The van der Waals surface area contributed by atoms with E-state index < -0.39 is 23.7 Å². The molecular weight excluding hydrogens is 327 g/mol. The van der Waals surface area contributed by atoms with Gasteiger partial charge in [-0.05, 0) is 65.4 Å². The van der Waals surface area contributed by atoms with E-state index in [1.54, 1.807) is 0 Å². The zero-order valence-corrected chi connectivity index (χ0v) is 16.7. The molecule has 0 unspecified atom stereocenters. The summed E-state index contributed by atoms with van der Waals surface area (Å²) < 4.78 is 18.1. The van der Waals surface area contributed by atoms with Crippen LogP contribution in [0.5, 0.6) is 5.75 Å². The SMILES string of the molecule is CC(C)(C)C(=O)Oc1ccc(B2OC(C)(C)C(C)(C)O2)c2ccccc12. The summed E-state index contributed by atoms with van der Waals surface area (Å²) in [5.41, 5.74) is -0.438. The zero-order chi connectivity index (χ0) is 19.3. The van der Waals surface area contributed by atoms with Crippen molar-refractivity contribution in [3.8, 4) is 5.75 Å². The fourth-order valence-electron chi connectivity index (χ4n) is 2.81. The molecule has 0 N–H and O–H groups in total. The molecule has 1 saturated heterocycles. The number of rotatable bonds is 2. The van der Waals surface area contributed by atoms with Gasteiger partial charge in [0.05, 0.1) is 16.6 Å². The molecule has 0 aliphatic carbocycles. The Morgan fingerprint density at radius 1 is 0.923 bits per heavy atom. The van der Waals surface area contributed by atoms with Crippen molar-refractivity contribution in [2.24, 2.45) is 5.41 Å². The molecule has 0 amide bonds. The molecule has 3 rings (SSSR count). The van der Waals surface area contributed by atoms with E-state index in [1.165, 1.54) is 0 Å². The van der Waals surface area contributed by atoms with Gasteiger partial charge >= 0.3 is 13.1 Å². The minimum atomic E-state index is -0.564. The smallest absolute Gasteiger partial charge is 0.425 e. The lowest BCUT2D eigenvalue weighted by molar-refractivity contribution is -0.142. The number of fused-ring (bicyclic) bond motifs is 1. The number of carbonyl (C=O) groups excluding carboxylic acids is 1. The topological polar surface area (TPSA) is 44.8 Å². The molecule has 1 aliphatic heterocycles. The highest BCUT2D eigenvalue weighted by molar-refractivity contribution is 6.65. The zero-order valence-electron chi connectivity index (χ0n) is 16.7. The van der Waals surface area contributed by atoms with Gasteiger partial charge in [-0.1, -0.05) is 30.3 Å². The van der Waals surface area contributed by atoms with Crippen molar-refractivity contribution in [3.63, 3.8) is 0 Å². The normalized spacial score (nSPS) is 19.0. The van der Waals surface area contributed by atoms with Gasteiger partial charge in [0.15, 0.2) is 0 Å². The molecular formula is C21H27BO4. The summed E-state index contributed by atoms with van der Waals surface area (Å²) in [6.45, 7) is 13.7. The second-order valence-electron chi connectivity index (χ2n) is 8.93. The molecule has 0 radical (unpaired) electrons. The highest BCUT2D eigenvalue weighted by Crippen LogP contribution is 2.37. The molecule has 2 aromatic rings. The maximum Gasteiger partial charge on any atom is 0.495 e. The van der Waals surface area contributed by atoms with Crippen molar-refractivity contribution in [1.29, 1.82) is 0 Å². The van der Waals surface area contributed by atoms with E-state index in [-0.39, 0.29) is 5.97 Å². The van der Waals surface area contributed by atoms with Crippen molar-refractivity contribution in [2.45, 2.75) is 59.7 Å². The van der Waals surface area contributed by atoms with Crippen LogP contribution in [0.25, 0.3) is 10.8 Å². The molecule has 1 heterocycles. The van der Waals surface area contributed by atoms with E-state index >= 15 is 0 Å². The van der Waals surface area contributed by atoms with Crippen LogP contribution < -0.4 is 10.2 Å². The van der Waals surface area contributed by atoms with Gasteiger partial charge in [-0.15, -0.1) is 0 Å². The van der Waals surface area contributed by atoms with Crippen LogP contribution in [0.3, 0.4) is 0 Å². The third-order valence-corrected chi connectivity index (χ3v) is 5.24. The first-order valence-corrected chi connectivity index (χ1v) is 9.02. The largest absolute Gasteiger partial charge is 0.495 e. The van der Waals surface area contributed by atoms with Gasteiger partial charge in [0.2, 0.25) is 0 Å². The molecule has 1 fully saturated rings. The molecule has 4 nitrogen and oxygen atoms in total. The Labute approximate surface area is 156 Å². The van der Waals surface area contributed by atoms with Crippen molar-refractivity contribution < 1.29 is 18.8 Å². The van der Waals surface area contributed by atoms with E-state index in [2.05, 4.69) is 0 Å². The molecule has 138 valence electrons. The quantitative estimate of drug-likeness (QED) is 0.463. The van der Waals surface area contributed by atoms with Crippen LogP contribution in [0.2, 0.25) is 0 Å². The Hall–Kier alpha value is -1.85. The third kappa shape index (κ3) is 3.26. The fraction of sp³-hybridized carbons (Fsp3) is 0.476. The van der Waals surface area contributed by atoms with E-state index in [9.17, 15) is 4.79 Å². The predicted molar refractivity (Wildman–Crippen MR) is 105 cm³/mol. The van der Waals surface area contributed by atoms with Crippen LogP contribution in [-0.4, -0.2) is 24.3 Å². The van der Waals surface area contributed by atoms with Gasteiger partial charge in [-0.2, -0.15) is 0 Å². The molecule has 1 aliphatic rings. The summed E-state index contributed by atoms with van der Waals surface area (Å²) in [5, 5.41) is 1.84. The van der Waals surface area contributed by atoms with E-state index in [0.717, 1.165) is 16.2 Å². The first kappa shape index (κ1) is 18.9. The Morgan fingerprint density at radius 2 is 1.46 bits per heavy atom. The highest BCUT2D eigenvalue weighted by atomic mass is 16.7. The van der Waals surface area contributed by atoms with Gasteiger partial charge < -0.3 is 14.0 Å². The van der Waals surface area contributed by atoms with Gasteiger partial charge in [0.1, 0.15) is 5.75 Å². The third-order valence-electron chi connectivity index (χ3n) is 5.24. The summed E-state index contributed by atoms with van der Waals surface area (Å²) >= 11 is 0. The molecule has 0 atom stereocenters. The molecule has 0 saturated carbocycles. The van der Waals surface area contributed by atoms with Crippen LogP contribution in [-0.2, 0) is 14.1 Å². The number of benzene rings is 2. The number of esters is 1. The van der Waals surface area contributed by atoms with Gasteiger partial charge in [-0.25, -0.2) is 0 Å². The van der Waals surface area contributed by atoms with Crippen LogP contribution in [0.15, 0.2) is 36.4 Å². The average Bonchev–Trinajstić information content (AvgIpc) is 2.74. The average molecular weight is 354 g/mol. The van der Waals surface area contributed by atoms with E-state index in [1.807, 2.05) is 84.9 Å². The van der Waals surface area contributed by atoms with Crippen LogP contribution in [0, 0.1) is 5.41 Å². The van der Waals surface area contributed by atoms with Crippen molar-refractivity contribution in [2.75, 3.05) is 0 Å². The highest BCUT2D eigenvalue weighted by Gasteiger charge is 2.52. The van der Waals surface area contributed by atoms with Gasteiger partial charge in [-0.3, -0.25) is 4.79 Å². The van der Waals surface area contributed by atoms with E-state index in [4.69, 9.17) is 14.0 Å². The minimum absolute atomic E-state index is 0.258. The molecule has 26 heavy (non-hydrogen) atoms. The lowest BCUT2D eigenvalue weighted by Gasteiger charge is -2.32. The van der Waals surface area contributed by atoms with Crippen molar-refractivity contribution >= 4 is 29.3 Å². The predicted octanol–water partition coefficient (Wildman–Crippen LogP) is 4.09. The Balaban J connectivity index is 2.03. The maximum absolute atomic E-state index is 12.3. The monoisotopic (exact) mass is 354 g/mol. The standard InChI is InChI=1S/C21H27BO4/c1-19(2,3)18(23)24-17-13-12-16(14-10-8-9-11-15(14)17)22-25-20(4,5)21(6,7)26-22/h8-13H,1-7H3. The second-order valence-corrected chi connectivity index (χ2v) is 8.93. The molecule has 0 spiro atoms. The van der Waals surface area contributed by atoms with Crippen molar-refractivity contribution in [3.05, 3.63) is 36.4 Å². The molecule has 0 aromatic heterocycles. The Kier molecular flexibility index (Phi) is 4.44. The number of ether oxygens (including phenoxy) is 1. The maximum atomic E-state index is 12.3. The summed E-state index contributed by atoms with van der Waals surface area (Å²) in [6, 6.07) is 11.6. The Bertz CT molecular complexity index is 833. The first-order valence-electron chi connectivity index (χ1n) is 9.02. The fourth-order valence-corrected chi connectivity index (χ4v) is 2.81. The number of hydrogen-bond acceptors (Lipinski definition) is 4. The van der Waals surface area contributed by atoms with E-state index in [0.29, 0.717) is 5.75 Å². The summed E-state index contributed by atoms with van der Waals surface area (Å²) in [7, 11) is -0.461. The molecule has 5 heteroatoms.